The lowest BCUT2D eigenvalue weighted by molar-refractivity contribution is 0.0686. The summed E-state index contributed by atoms with van der Waals surface area (Å²) in [6.45, 7) is 5.83. The van der Waals surface area contributed by atoms with E-state index in [2.05, 4.69) is 86.6 Å². The van der Waals surface area contributed by atoms with Crippen LogP contribution in [0.4, 0.5) is 0 Å². The van der Waals surface area contributed by atoms with Crippen LogP contribution >= 0.6 is 0 Å². The molecule has 0 saturated carbocycles. The lowest BCUT2D eigenvalue weighted by atomic mass is 10.0. The van der Waals surface area contributed by atoms with Crippen molar-refractivity contribution in [2.24, 2.45) is 0 Å². The van der Waals surface area contributed by atoms with Crippen LogP contribution in [-0.2, 0) is 58.3 Å². The van der Waals surface area contributed by atoms with E-state index in [9.17, 15) is 14.4 Å². The predicted molar refractivity (Wildman–Crippen MR) is 304 cm³/mol. The average Bonchev–Trinajstić information content (AvgIpc) is 3.46. The molecule has 0 aliphatic carbocycles. The van der Waals surface area contributed by atoms with E-state index in [1.807, 2.05) is 97.1 Å². The first-order valence-corrected chi connectivity index (χ1v) is 25.7. The van der Waals surface area contributed by atoms with Crippen molar-refractivity contribution >= 4 is 17.9 Å². The first-order valence-electron chi connectivity index (χ1n) is 25.7. The molecule has 9 rings (SSSR count). The van der Waals surface area contributed by atoms with E-state index in [1.54, 1.807) is 54.6 Å². The third kappa shape index (κ3) is 18.9. The Kier molecular flexibility index (Phi) is 20.9. The second-order valence-corrected chi connectivity index (χ2v) is 18.7. The predicted octanol–water partition coefficient (Wildman–Crippen LogP) is 14.9. The van der Waals surface area contributed by atoms with E-state index in [1.165, 1.54) is 33.4 Å². The monoisotopic (exact) mass is 1020 g/mol. The molecule has 0 spiro atoms. The van der Waals surface area contributed by atoms with Crippen molar-refractivity contribution < 1.29 is 43.9 Å². The number of ether oxygens (including phenoxy) is 3. The number of benzene rings is 9. The summed E-state index contributed by atoms with van der Waals surface area (Å²) < 4.78 is 17.5. The Morgan fingerprint density at radius 3 is 1.00 bits per heavy atom. The molecule has 0 saturated heterocycles. The number of hydrogen-bond donors (Lipinski definition) is 3. The van der Waals surface area contributed by atoms with Gasteiger partial charge < -0.3 is 29.5 Å². The third-order valence-corrected chi connectivity index (χ3v) is 12.8. The zero-order valence-electron chi connectivity index (χ0n) is 43.5. The van der Waals surface area contributed by atoms with Gasteiger partial charge in [-0.15, -0.1) is 0 Å². The first kappa shape index (κ1) is 55.5. The summed E-state index contributed by atoms with van der Waals surface area (Å²) in [5.41, 5.74) is 13.7. The molecule has 0 aliphatic rings. The summed E-state index contributed by atoms with van der Waals surface area (Å²) in [5.74, 6) is -0.113. The van der Waals surface area contributed by atoms with Crippen LogP contribution < -0.4 is 14.2 Å². The highest BCUT2D eigenvalue weighted by atomic mass is 16.5. The van der Waals surface area contributed by atoms with Gasteiger partial charge in [-0.1, -0.05) is 157 Å². The number of carboxylic acid groups (broad SMARTS) is 3. The van der Waals surface area contributed by atoms with E-state index in [-0.39, 0.29) is 0 Å². The summed E-state index contributed by atoms with van der Waals surface area (Å²) in [7, 11) is 0. The lowest BCUT2D eigenvalue weighted by Gasteiger charge is -2.09. The van der Waals surface area contributed by atoms with Crippen molar-refractivity contribution in [2.75, 3.05) is 0 Å². The molecule has 9 aromatic rings. The molecule has 0 bridgehead atoms. The maximum atomic E-state index is 11.0. The zero-order chi connectivity index (χ0) is 54.2. The Hall–Kier alpha value is -9.21. The van der Waals surface area contributed by atoms with Crippen LogP contribution in [-0.4, -0.2) is 33.2 Å². The van der Waals surface area contributed by atoms with E-state index < -0.39 is 17.9 Å². The van der Waals surface area contributed by atoms with Crippen molar-refractivity contribution in [2.45, 2.75) is 72.2 Å². The highest BCUT2D eigenvalue weighted by Crippen LogP contribution is 2.21. The first-order chi connectivity index (χ1) is 37.4. The van der Waals surface area contributed by atoms with Gasteiger partial charge in [-0.3, -0.25) is 0 Å². The molecular formula is C68H64O9. The fourth-order valence-corrected chi connectivity index (χ4v) is 8.23. The highest BCUT2D eigenvalue weighted by Gasteiger charge is 2.08. The minimum Gasteiger partial charge on any atom is -0.489 e. The Morgan fingerprint density at radius 2 is 0.623 bits per heavy atom. The second kappa shape index (κ2) is 29.0. The second-order valence-electron chi connectivity index (χ2n) is 18.7. The fourth-order valence-electron chi connectivity index (χ4n) is 8.23. The number of hydrogen-bond acceptors (Lipinski definition) is 6. The van der Waals surface area contributed by atoms with Crippen LogP contribution in [0, 0.1) is 13.8 Å². The van der Waals surface area contributed by atoms with Crippen molar-refractivity contribution in [1.29, 1.82) is 0 Å². The van der Waals surface area contributed by atoms with Crippen LogP contribution in [0.1, 0.15) is 92.3 Å². The van der Waals surface area contributed by atoms with Gasteiger partial charge in [-0.25, -0.2) is 14.4 Å². The number of aromatic carboxylic acids is 3. The molecule has 0 radical (unpaired) electrons. The number of aryl methyl sites for hydroxylation is 8. The van der Waals surface area contributed by atoms with Gasteiger partial charge in [0.2, 0.25) is 0 Å². The highest BCUT2D eigenvalue weighted by molar-refractivity contribution is 5.88. The van der Waals surface area contributed by atoms with Crippen molar-refractivity contribution in [1.82, 2.24) is 0 Å². The normalized spacial score (nSPS) is 10.5. The molecule has 9 heteroatoms. The number of carbonyl (C=O) groups is 3. The minimum absolute atomic E-state index is 0.335. The van der Waals surface area contributed by atoms with Gasteiger partial charge in [0.05, 0.1) is 16.7 Å². The summed E-state index contributed by atoms with van der Waals surface area (Å²) in [4.78, 5) is 33.1. The van der Waals surface area contributed by atoms with Crippen LogP contribution in [0.5, 0.6) is 17.2 Å². The molecule has 0 aromatic heterocycles. The SMILES string of the molecule is Cc1ccc(COc2ccc(CCc3cccc(C(=O)O)c3)cc2)cc1.Cc1ccccc1COc1ccc(CCc2cccc(C(=O)O)c2)cc1.O=C(O)c1cccc(CCc2ccc(OCc3ccccc3)cc2)c1. The van der Waals surface area contributed by atoms with E-state index in [4.69, 9.17) is 29.5 Å². The fraction of sp³-hybridized carbons (Fsp3) is 0.162. The standard InChI is InChI=1S/2C23H22O3.C22H20O3/c1-17-5-2-3-7-21(17)16-26-22-13-11-18(12-14-22)9-10-19-6-4-8-20(15-19)23(24)25;1-17-5-7-20(8-6-17)16-26-22-13-11-18(12-14-22)9-10-19-3-2-4-21(15-19)23(24)25;23-22(24)20-8-4-7-18(15-20)10-9-17-11-13-21(14-12-17)25-16-19-5-2-1-3-6-19/h2*2-8,11-15H,9-10,16H2,1H3,(H,24,25);1-8,11-15H,9-10,16H2,(H,23,24). The van der Waals surface area contributed by atoms with E-state index in [0.29, 0.717) is 36.5 Å². The topological polar surface area (TPSA) is 140 Å². The molecular weight excluding hydrogens is 961 g/mol. The quantitative estimate of drug-likeness (QED) is 0.0642. The van der Waals surface area contributed by atoms with Gasteiger partial charge >= 0.3 is 17.9 Å². The largest absolute Gasteiger partial charge is 0.489 e. The van der Waals surface area contributed by atoms with Gasteiger partial charge in [0.1, 0.15) is 37.1 Å². The van der Waals surface area contributed by atoms with Gasteiger partial charge in [0.25, 0.3) is 0 Å². The maximum absolute atomic E-state index is 11.0. The summed E-state index contributed by atoms with van der Waals surface area (Å²) >= 11 is 0. The van der Waals surface area contributed by atoms with Crippen LogP contribution in [0.3, 0.4) is 0 Å². The molecule has 0 atom stereocenters. The van der Waals surface area contributed by atoms with Crippen molar-refractivity contribution in [3.05, 3.63) is 302 Å². The minimum atomic E-state index is -0.887. The van der Waals surface area contributed by atoms with E-state index >= 15 is 0 Å². The summed E-state index contributed by atoms with van der Waals surface area (Å²) in [6.07, 6.45) is 5.02. The molecule has 390 valence electrons. The van der Waals surface area contributed by atoms with Crippen molar-refractivity contribution in [3.63, 3.8) is 0 Å². The Balaban J connectivity index is 0.000000168. The summed E-state index contributed by atoms with van der Waals surface area (Å²) in [5, 5.41) is 27.2. The van der Waals surface area contributed by atoms with Crippen LogP contribution in [0.15, 0.2) is 224 Å². The maximum Gasteiger partial charge on any atom is 0.335 e. The third-order valence-electron chi connectivity index (χ3n) is 12.8. The summed E-state index contributed by atoms with van der Waals surface area (Å²) in [6, 6.07) is 72.2. The molecule has 3 N–H and O–H groups in total. The Morgan fingerprint density at radius 1 is 0.312 bits per heavy atom. The smallest absolute Gasteiger partial charge is 0.335 e. The van der Waals surface area contributed by atoms with Crippen LogP contribution in [0.25, 0.3) is 0 Å². The van der Waals surface area contributed by atoms with Crippen LogP contribution in [0.2, 0.25) is 0 Å². The zero-order valence-corrected chi connectivity index (χ0v) is 43.5. The van der Waals surface area contributed by atoms with E-state index in [0.717, 1.165) is 83.6 Å². The molecule has 0 heterocycles. The van der Waals surface area contributed by atoms with Crippen molar-refractivity contribution in [3.8, 4) is 17.2 Å². The molecule has 0 fully saturated rings. The average molecular weight is 1030 g/mol. The molecule has 9 nitrogen and oxygen atoms in total. The molecule has 9 aromatic carbocycles. The van der Waals surface area contributed by atoms with Gasteiger partial charge in [-0.2, -0.15) is 0 Å². The molecule has 0 unspecified atom stereocenters. The van der Waals surface area contributed by atoms with Gasteiger partial charge in [0.15, 0.2) is 0 Å². The number of rotatable bonds is 21. The molecule has 0 amide bonds. The van der Waals surface area contributed by atoms with Gasteiger partial charge in [0, 0.05) is 0 Å². The van der Waals surface area contributed by atoms with Gasteiger partial charge in [-0.05, 0) is 181 Å². The number of carboxylic acids is 3. The Labute approximate surface area is 451 Å². The lowest BCUT2D eigenvalue weighted by Crippen LogP contribution is -1.99. The molecule has 77 heavy (non-hydrogen) atoms. The molecule has 0 aliphatic heterocycles. The Bertz CT molecular complexity index is 3280.